The van der Waals surface area contributed by atoms with Gasteiger partial charge in [0.15, 0.2) is 0 Å². The summed E-state index contributed by atoms with van der Waals surface area (Å²) >= 11 is 5.78. The van der Waals surface area contributed by atoms with Crippen LogP contribution in [-0.2, 0) is 6.54 Å². The molecule has 0 saturated carbocycles. The van der Waals surface area contributed by atoms with Crippen LogP contribution in [0.15, 0.2) is 30.6 Å². The molecule has 7 heteroatoms. The number of benzene rings is 1. The van der Waals surface area contributed by atoms with Crippen molar-refractivity contribution in [3.8, 4) is 0 Å². The predicted molar refractivity (Wildman–Crippen MR) is 104 cm³/mol. The zero-order valence-electron chi connectivity index (χ0n) is 15.5. The monoisotopic (exact) mass is 377 g/mol. The number of halogens is 2. The number of nitrogens with zero attached hydrogens (tertiary/aromatic N) is 5. The number of hydrogen-bond donors (Lipinski definition) is 0. The Balaban J connectivity index is 1.67. The van der Waals surface area contributed by atoms with Crippen molar-refractivity contribution in [2.75, 3.05) is 44.0 Å². The average Bonchev–Trinajstić information content (AvgIpc) is 2.64. The minimum atomic E-state index is -0.355. The van der Waals surface area contributed by atoms with Gasteiger partial charge in [-0.3, -0.25) is 4.90 Å². The van der Waals surface area contributed by atoms with E-state index in [1.807, 2.05) is 31.1 Å². The average molecular weight is 378 g/mol. The van der Waals surface area contributed by atoms with Gasteiger partial charge in [0, 0.05) is 46.3 Å². The van der Waals surface area contributed by atoms with Crippen LogP contribution in [0.4, 0.5) is 16.0 Å². The van der Waals surface area contributed by atoms with Crippen LogP contribution in [0.25, 0.3) is 0 Å². The maximum absolute atomic E-state index is 13.7. The van der Waals surface area contributed by atoms with E-state index in [1.165, 1.54) is 6.07 Å². The van der Waals surface area contributed by atoms with Gasteiger partial charge in [-0.05, 0) is 37.1 Å². The van der Waals surface area contributed by atoms with Gasteiger partial charge < -0.3 is 9.80 Å². The number of aromatic nitrogens is 2. The summed E-state index contributed by atoms with van der Waals surface area (Å²) in [5, 5.41) is 0.172. The number of likely N-dealkylation sites (tertiary alicyclic amines) is 1. The number of piperidine rings is 1. The van der Waals surface area contributed by atoms with Gasteiger partial charge >= 0.3 is 0 Å². The zero-order chi connectivity index (χ0) is 18.7. The minimum Gasteiger partial charge on any atom is -0.363 e. The maximum atomic E-state index is 13.7. The van der Waals surface area contributed by atoms with Crippen LogP contribution >= 0.6 is 11.6 Å². The van der Waals surface area contributed by atoms with Crippen LogP contribution in [0.1, 0.15) is 18.4 Å². The second-order valence-corrected chi connectivity index (χ2v) is 7.43. The normalized spacial score (nSPS) is 18.0. The van der Waals surface area contributed by atoms with Gasteiger partial charge in [-0.2, -0.15) is 0 Å². The van der Waals surface area contributed by atoms with Gasteiger partial charge in [0.2, 0.25) is 0 Å². The molecule has 0 radical (unpaired) electrons. The fourth-order valence-corrected chi connectivity index (χ4v) is 3.47. The van der Waals surface area contributed by atoms with E-state index in [4.69, 9.17) is 11.6 Å². The summed E-state index contributed by atoms with van der Waals surface area (Å²) < 4.78 is 13.7. The highest BCUT2D eigenvalue weighted by molar-refractivity contribution is 6.30. The number of hydrogen-bond acceptors (Lipinski definition) is 5. The first-order chi connectivity index (χ1) is 12.4. The second-order valence-electron chi connectivity index (χ2n) is 7.02. The molecule has 140 valence electrons. The third-order valence-electron chi connectivity index (χ3n) is 4.88. The summed E-state index contributed by atoms with van der Waals surface area (Å²) in [5.41, 5.74) is 0.951. The van der Waals surface area contributed by atoms with E-state index in [2.05, 4.69) is 26.8 Å². The molecule has 1 aromatic carbocycles. The standard InChI is InChI=1S/C19H25ClFN5/c1-24(2)18-10-19(23-13-22-18)25(3)15-5-4-8-26(12-15)11-14-6-7-16(20)17(21)9-14/h6-7,9-10,13,15H,4-5,8,11-12H2,1-3H3. The lowest BCUT2D eigenvalue weighted by molar-refractivity contribution is 0.198. The van der Waals surface area contributed by atoms with Crippen LogP contribution in [0.3, 0.4) is 0 Å². The molecule has 0 aliphatic carbocycles. The summed E-state index contributed by atoms with van der Waals surface area (Å²) in [6.45, 7) is 2.66. The second kappa shape index (κ2) is 8.18. The Morgan fingerprint density at radius 3 is 2.69 bits per heavy atom. The topological polar surface area (TPSA) is 35.5 Å². The first kappa shape index (κ1) is 18.9. The number of likely N-dealkylation sites (N-methyl/N-ethyl adjacent to an activating group) is 1. The van der Waals surface area contributed by atoms with Gasteiger partial charge in [-0.25, -0.2) is 14.4 Å². The zero-order valence-corrected chi connectivity index (χ0v) is 16.2. The van der Waals surface area contributed by atoms with Crippen molar-refractivity contribution in [2.24, 2.45) is 0 Å². The highest BCUT2D eigenvalue weighted by Gasteiger charge is 2.24. The Bertz CT molecular complexity index is 754. The van der Waals surface area contributed by atoms with E-state index in [0.29, 0.717) is 6.04 Å². The van der Waals surface area contributed by atoms with E-state index in [1.54, 1.807) is 12.4 Å². The van der Waals surface area contributed by atoms with Crippen LogP contribution in [0.5, 0.6) is 0 Å². The molecule has 2 heterocycles. The van der Waals surface area contributed by atoms with Crippen molar-refractivity contribution < 1.29 is 4.39 Å². The molecule has 5 nitrogen and oxygen atoms in total. The fourth-order valence-electron chi connectivity index (χ4n) is 3.35. The molecule has 1 aliphatic rings. The molecular weight excluding hydrogens is 353 g/mol. The Kier molecular flexibility index (Phi) is 5.94. The lowest BCUT2D eigenvalue weighted by Crippen LogP contribution is -2.46. The van der Waals surface area contributed by atoms with E-state index < -0.39 is 0 Å². The summed E-state index contributed by atoms with van der Waals surface area (Å²) in [4.78, 5) is 15.3. The fraction of sp³-hybridized carbons (Fsp3) is 0.474. The predicted octanol–water partition coefficient (Wildman–Crippen LogP) is 3.44. The molecule has 26 heavy (non-hydrogen) atoms. The van der Waals surface area contributed by atoms with Crippen molar-refractivity contribution in [3.63, 3.8) is 0 Å². The van der Waals surface area contributed by atoms with Crippen LogP contribution in [0, 0.1) is 5.82 Å². The van der Waals surface area contributed by atoms with E-state index in [-0.39, 0.29) is 10.8 Å². The third-order valence-corrected chi connectivity index (χ3v) is 5.18. The van der Waals surface area contributed by atoms with Crippen LogP contribution in [-0.4, -0.2) is 55.1 Å². The molecule has 3 rings (SSSR count). The molecule has 0 amide bonds. The Morgan fingerprint density at radius 1 is 1.19 bits per heavy atom. The number of anilines is 2. The number of rotatable bonds is 5. The van der Waals surface area contributed by atoms with Crippen LogP contribution in [0.2, 0.25) is 5.02 Å². The lowest BCUT2D eigenvalue weighted by Gasteiger charge is -2.38. The summed E-state index contributed by atoms with van der Waals surface area (Å²) in [7, 11) is 6.03. The van der Waals surface area contributed by atoms with Gasteiger partial charge in [0.05, 0.1) is 5.02 Å². The van der Waals surface area contributed by atoms with Crippen molar-refractivity contribution in [1.82, 2.24) is 14.9 Å². The van der Waals surface area contributed by atoms with Crippen LogP contribution < -0.4 is 9.80 Å². The molecule has 2 aromatic rings. The highest BCUT2D eigenvalue weighted by atomic mass is 35.5. The largest absolute Gasteiger partial charge is 0.363 e. The quantitative estimate of drug-likeness (QED) is 0.797. The molecular formula is C19H25ClFN5. The SMILES string of the molecule is CN(C)c1cc(N(C)C2CCCN(Cc3ccc(Cl)c(F)c3)C2)ncn1. The summed E-state index contributed by atoms with van der Waals surface area (Å²) in [6, 6.07) is 7.43. The molecule has 1 aromatic heterocycles. The Labute approximate surface area is 159 Å². The van der Waals surface area contributed by atoms with Gasteiger partial charge in [0.25, 0.3) is 0 Å². The summed E-state index contributed by atoms with van der Waals surface area (Å²) in [5.74, 6) is 1.46. The Morgan fingerprint density at radius 2 is 1.96 bits per heavy atom. The first-order valence-electron chi connectivity index (χ1n) is 8.82. The van der Waals surface area contributed by atoms with Gasteiger partial charge in [-0.1, -0.05) is 17.7 Å². The molecule has 0 spiro atoms. The van der Waals surface area contributed by atoms with E-state index in [9.17, 15) is 4.39 Å². The highest BCUT2D eigenvalue weighted by Crippen LogP contribution is 2.23. The van der Waals surface area contributed by atoms with Gasteiger partial charge in [0.1, 0.15) is 23.8 Å². The van der Waals surface area contributed by atoms with E-state index in [0.717, 1.165) is 49.7 Å². The molecule has 0 bridgehead atoms. The first-order valence-corrected chi connectivity index (χ1v) is 9.20. The molecule has 0 N–H and O–H groups in total. The third kappa shape index (κ3) is 4.43. The molecule has 1 saturated heterocycles. The molecule has 1 aliphatic heterocycles. The molecule has 1 unspecified atom stereocenters. The minimum absolute atomic E-state index is 0.172. The van der Waals surface area contributed by atoms with E-state index >= 15 is 0 Å². The van der Waals surface area contributed by atoms with Crippen molar-refractivity contribution in [2.45, 2.75) is 25.4 Å². The lowest BCUT2D eigenvalue weighted by atomic mass is 10.0. The summed E-state index contributed by atoms with van der Waals surface area (Å²) in [6.07, 6.45) is 3.83. The maximum Gasteiger partial charge on any atom is 0.142 e. The van der Waals surface area contributed by atoms with Crippen molar-refractivity contribution in [1.29, 1.82) is 0 Å². The van der Waals surface area contributed by atoms with Crippen molar-refractivity contribution >= 4 is 23.2 Å². The Hall–Kier alpha value is -1.92. The molecule has 1 atom stereocenters. The smallest absolute Gasteiger partial charge is 0.142 e. The van der Waals surface area contributed by atoms with Crippen molar-refractivity contribution in [3.05, 3.63) is 47.0 Å². The molecule has 1 fully saturated rings. The van der Waals surface area contributed by atoms with Gasteiger partial charge in [-0.15, -0.1) is 0 Å².